The molecule has 30 heavy (non-hydrogen) atoms. The molecule has 5 N–H and O–H groups in total. The van der Waals surface area contributed by atoms with Gasteiger partial charge in [-0.1, -0.05) is 48.5 Å². The Balaban J connectivity index is 1.43. The summed E-state index contributed by atoms with van der Waals surface area (Å²) in [5.41, 5.74) is 6.25. The maximum atomic E-state index is 13.0. The third-order valence-corrected chi connectivity index (χ3v) is 5.33. The number of nitrogens with two attached hydrogens (primary N) is 1. The Morgan fingerprint density at radius 1 is 0.700 bits per heavy atom. The van der Waals surface area contributed by atoms with Crippen LogP contribution in [0.25, 0.3) is 21.5 Å². The van der Waals surface area contributed by atoms with Gasteiger partial charge in [-0.15, -0.1) is 0 Å². The van der Waals surface area contributed by atoms with Crippen LogP contribution in [0.2, 0.25) is 0 Å². The minimum absolute atomic E-state index is 0.00607. The molecule has 0 bridgehead atoms. The molecule has 0 fully saturated rings. The van der Waals surface area contributed by atoms with E-state index in [9.17, 15) is 4.79 Å². The van der Waals surface area contributed by atoms with Crippen LogP contribution in [0.5, 0.6) is 0 Å². The van der Waals surface area contributed by atoms with Crippen LogP contribution in [0.4, 0.5) is 0 Å². The molecule has 5 nitrogen and oxygen atoms in total. The van der Waals surface area contributed by atoms with Crippen molar-refractivity contribution in [2.45, 2.75) is 25.7 Å². The van der Waals surface area contributed by atoms with E-state index in [1.807, 2.05) is 36.4 Å². The van der Waals surface area contributed by atoms with Crippen molar-refractivity contribution in [3.63, 3.8) is 0 Å². The number of hydrogen-bond acceptors (Lipinski definition) is 4. The van der Waals surface area contributed by atoms with Crippen molar-refractivity contribution in [1.29, 1.82) is 0 Å². The van der Waals surface area contributed by atoms with E-state index in [1.54, 1.807) is 0 Å². The number of carbonyl (C=O) groups is 1. The first kappa shape index (κ1) is 22.2. The first-order valence-electron chi connectivity index (χ1n) is 11.1. The van der Waals surface area contributed by atoms with Crippen molar-refractivity contribution in [2.75, 3.05) is 39.3 Å². The van der Waals surface area contributed by atoms with E-state index >= 15 is 0 Å². The average Bonchev–Trinajstić information content (AvgIpc) is 2.78. The van der Waals surface area contributed by atoms with Gasteiger partial charge in [0.2, 0.25) is 0 Å². The van der Waals surface area contributed by atoms with Gasteiger partial charge >= 0.3 is 0 Å². The van der Waals surface area contributed by atoms with Crippen molar-refractivity contribution in [3.8, 4) is 0 Å². The molecule has 1 amide bonds. The van der Waals surface area contributed by atoms with Gasteiger partial charge in [-0.2, -0.15) is 0 Å². The molecular weight excluding hydrogens is 372 g/mol. The van der Waals surface area contributed by atoms with Gasteiger partial charge in [-0.3, -0.25) is 4.79 Å². The Morgan fingerprint density at radius 3 is 1.83 bits per heavy atom. The fraction of sp³-hybridized carbons (Fsp3) is 0.400. The molecule has 0 radical (unpaired) electrons. The molecule has 0 saturated carbocycles. The summed E-state index contributed by atoms with van der Waals surface area (Å²) in [5, 5.41) is 14.2. The molecule has 0 aromatic heterocycles. The lowest BCUT2D eigenvalue weighted by atomic mass is 9.96. The molecule has 0 atom stereocenters. The molecule has 3 rings (SSSR count). The number of rotatable bonds is 13. The van der Waals surface area contributed by atoms with E-state index in [1.165, 1.54) is 6.42 Å². The molecule has 0 aliphatic heterocycles. The maximum Gasteiger partial charge on any atom is 0.252 e. The quantitative estimate of drug-likeness (QED) is 0.259. The van der Waals surface area contributed by atoms with Crippen molar-refractivity contribution >= 4 is 27.5 Å². The summed E-state index contributed by atoms with van der Waals surface area (Å²) >= 11 is 0. The third-order valence-electron chi connectivity index (χ3n) is 5.33. The monoisotopic (exact) mass is 406 g/mol. The van der Waals surface area contributed by atoms with E-state index < -0.39 is 0 Å². The Labute approximate surface area is 179 Å². The van der Waals surface area contributed by atoms with Gasteiger partial charge in [0.1, 0.15) is 0 Å². The molecule has 0 unspecified atom stereocenters. The third kappa shape index (κ3) is 6.26. The number of hydrogen-bond donors (Lipinski definition) is 4. The van der Waals surface area contributed by atoms with Crippen molar-refractivity contribution in [1.82, 2.24) is 16.0 Å². The van der Waals surface area contributed by atoms with Crippen LogP contribution in [0.3, 0.4) is 0 Å². The summed E-state index contributed by atoms with van der Waals surface area (Å²) < 4.78 is 0. The lowest BCUT2D eigenvalue weighted by molar-refractivity contribution is 0.0956. The lowest BCUT2D eigenvalue weighted by Crippen LogP contribution is -2.28. The SMILES string of the molecule is NCCCNCCCCNCCCNC(=O)c1c2ccccc2cc2ccccc12. The number of unbranched alkanes of at least 4 members (excludes halogenated alkanes) is 1. The Kier molecular flexibility index (Phi) is 9.09. The first-order valence-corrected chi connectivity index (χ1v) is 11.1. The summed E-state index contributed by atoms with van der Waals surface area (Å²) in [6.45, 7) is 5.41. The van der Waals surface area contributed by atoms with Gasteiger partial charge in [-0.05, 0) is 86.0 Å². The topological polar surface area (TPSA) is 79.2 Å². The Hall–Kier alpha value is -2.47. The van der Waals surface area contributed by atoms with E-state index in [0.717, 1.165) is 79.1 Å². The average molecular weight is 407 g/mol. The largest absolute Gasteiger partial charge is 0.352 e. The van der Waals surface area contributed by atoms with Crippen LogP contribution < -0.4 is 21.7 Å². The minimum Gasteiger partial charge on any atom is -0.352 e. The van der Waals surface area contributed by atoms with Gasteiger partial charge in [0, 0.05) is 6.54 Å². The highest BCUT2D eigenvalue weighted by atomic mass is 16.1. The Morgan fingerprint density at radius 2 is 1.23 bits per heavy atom. The molecular formula is C25H34N4O. The molecule has 0 spiro atoms. The van der Waals surface area contributed by atoms with Gasteiger partial charge in [0.15, 0.2) is 0 Å². The highest BCUT2D eigenvalue weighted by molar-refractivity contribution is 6.18. The van der Waals surface area contributed by atoms with Crippen LogP contribution in [-0.2, 0) is 0 Å². The van der Waals surface area contributed by atoms with E-state index in [4.69, 9.17) is 5.73 Å². The highest BCUT2D eigenvalue weighted by Crippen LogP contribution is 2.28. The zero-order valence-electron chi connectivity index (χ0n) is 17.8. The lowest BCUT2D eigenvalue weighted by Gasteiger charge is -2.12. The van der Waals surface area contributed by atoms with Crippen LogP contribution in [0.15, 0.2) is 54.6 Å². The summed E-state index contributed by atoms with van der Waals surface area (Å²) in [4.78, 5) is 13.0. The first-order chi connectivity index (χ1) is 14.8. The fourth-order valence-corrected chi connectivity index (χ4v) is 3.74. The fourth-order valence-electron chi connectivity index (χ4n) is 3.74. The number of carbonyl (C=O) groups excluding carboxylic acids is 1. The molecule has 3 aromatic rings. The summed E-state index contributed by atoms with van der Waals surface area (Å²) in [6, 6.07) is 18.4. The second kappa shape index (κ2) is 12.3. The normalized spacial score (nSPS) is 11.2. The number of benzene rings is 3. The van der Waals surface area contributed by atoms with Gasteiger partial charge < -0.3 is 21.7 Å². The van der Waals surface area contributed by atoms with Gasteiger partial charge in [0.25, 0.3) is 5.91 Å². The van der Waals surface area contributed by atoms with Crippen LogP contribution in [-0.4, -0.2) is 45.2 Å². The summed E-state index contributed by atoms with van der Waals surface area (Å²) in [7, 11) is 0. The molecule has 0 aliphatic rings. The maximum absolute atomic E-state index is 13.0. The molecule has 0 heterocycles. The van der Waals surface area contributed by atoms with Crippen molar-refractivity contribution in [2.24, 2.45) is 5.73 Å². The zero-order chi connectivity index (χ0) is 21.0. The second-order valence-corrected chi connectivity index (χ2v) is 7.65. The summed E-state index contributed by atoms with van der Waals surface area (Å²) in [6.07, 6.45) is 4.29. The van der Waals surface area contributed by atoms with Crippen LogP contribution in [0.1, 0.15) is 36.0 Å². The predicted molar refractivity (Wildman–Crippen MR) is 127 cm³/mol. The van der Waals surface area contributed by atoms with E-state index in [-0.39, 0.29) is 5.91 Å². The van der Waals surface area contributed by atoms with Crippen molar-refractivity contribution < 1.29 is 4.79 Å². The minimum atomic E-state index is 0.00607. The van der Waals surface area contributed by atoms with E-state index in [2.05, 4.69) is 34.1 Å². The summed E-state index contributed by atoms with van der Waals surface area (Å²) in [5.74, 6) is 0.00607. The molecule has 5 heteroatoms. The zero-order valence-corrected chi connectivity index (χ0v) is 17.8. The molecule has 0 saturated heterocycles. The van der Waals surface area contributed by atoms with Crippen LogP contribution >= 0.6 is 0 Å². The second-order valence-electron chi connectivity index (χ2n) is 7.65. The number of amides is 1. The predicted octanol–water partition coefficient (Wildman–Crippen LogP) is 3.42. The van der Waals surface area contributed by atoms with Crippen LogP contribution in [0, 0.1) is 0 Å². The molecule has 0 aliphatic carbocycles. The Bertz CT molecular complexity index is 887. The number of fused-ring (bicyclic) bond motifs is 2. The van der Waals surface area contributed by atoms with Gasteiger partial charge in [-0.25, -0.2) is 0 Å². The number of nitrogens with one attached hydrogen (secondary N) is 3. The van der Waals surface area contributed by atoms with Gasteiger partial charge in [0.05, 0.1) is 5.56 Å². The molecule has 3 aromatic carbocycles. The van der Waals surface area contributed by atoms with E-state index in [0.29, 0.717) is 6.54 Å². The smallest absolute Gasteiger partial charge is 0.252 e. The molecule has 160 valence electrons. The highest BCUT2D eigenvalue weighted by Gasteiger charge is 2.14. The van der Waals surface area contributed by atoms with Crippen molar-refractivity contribution in [3.05, 3.63) is 60.2 Å². The standard InChI is InChI=1S/C25H34N4O/c26-13-7-16-27-14-5-6-15-28-17-8-18-29-25(30)24-22-11-3-1-9-20(22)19-21-10-2-4-12-23(21)24/h1-4,9-12,19,27-28H,5-8,13-18,26H2,(H,29,30).